The molecule has 3 aromatic carbocycles. The van der Waals surface area contributed by atoms with E-state index in [1.807, 2.05) is 61.5 Å². The number of likely N-dealkylation sites (tertiary alicyclic amines) is 1. The number of ether oxygens (including phenoxy) is 2. The Morgan fingerprint density at radius 3 is 2.16 bits per heavy atom. The normalized spacial score (nSPS) is 16.7. The monoisotopic (exact) mass is 499 g/mol. The molecule has 192 valence electrons. The number of benzene rings is 3. The summed E-state index contributed by atoms with van der Waals surface area (Å²) in [6.07, 6.45) is 2.59. The topological polar surface area (TPSA) is 76.1 Å². The fourth-order valence-corrected chi connectivity index (χ4v) is 4.46. The maximum atomic E-state index is 13.3. The van der Waals surface area contributed by atoms with Gasteiger partial charge in [0.25, 0.3) is 11.7 Å². The van der Waals surface area contributed by atoms with E-state index in [0.29, 0.717) is 37.5 Å². The maximum Gasteiger partial charge on any atom is 0.295 e. The molecule has 1 aliphatic rings. The van der Waals surface area contributed by atoms with Gasteiger partial charge in [0.1, 0.15) is 17.3 Å². The molecule has 0 spiro atoms. The van der Waals surface area contributed by atoms with E-state index in [2.05, 4.69) is 6.92 Å². The van der Waals surface area contributed by atoms with Gasteiger partial charge < -0.3 is 19.5 Å². The Morgan fingerprint density at radius 1 is 0.865 bits per heavy atom. The van der Waals surface area contributed by atoms with Crippen molar-refractivity contribution in [3.05, 3.63) is 101 Å². The van der Waals surface area contributed by atoms with Gasteiger partial charge in [-0.25, -0.2) is 0 Å². The molecule has 6 nitrogen and oxygen atoms in total. The zero-order valence-corrected chi connectivity index (χ0v) is 21.4. The Kier molecular flexibility index (Phi) is 8.62. The van der Waals surface area contributed by atoms with Crippen molar-refractivity contribution in [1.82, 2.24) is 4.90 Å². The number of ketones is 1. The SMILES string of the molecule is CCCCOc1ccc(C2/C(=C(\O)c3ccc(OCC)cc3)C(=O)C(=O)N2CCc2ccccc2)cc1. The van der Waals surface area contributed by atoms with Crippen molar-refractivity contribution in [2.24, 2.45) is 0 Å². The first kappa shape index (κ1) is 26.0. The summed E-state index contributed by atoms with van der Waals surface area (Å²) in [7, 11) is 0. The van der Waals surface area contributed by atoms with Gasteiger partial charge in [-0.2, -0.15) is 0 Å². The van der Waals surface area contributed by atoms with Crippen LogP contribution in [0.2, 0.25) is 0 Å². The molecular weight excluding hydrogens is 466 g/mol. The minimum Gasteiger partial charge on any atom is -0.507 e. The van der Waals surface area contributed by atoms with Crippen LogP contribution in [0.5, 0.6) is 11.5 Å². The lowest BCUT2D eigenvalue weighted by atomic mass is 9.95. The van der Waals surface area contributed by atoms with Crippen molar-refractivity contribution < 1.29 is 24.2 Å². The first-order valence-electron chi connectivity index (χ1n) is 12.8. The molecule has 4 rings (SSSR count). The number of aliphatic hydroxyl groups is 1. The van der Waals surface area contributed by atoms with E-state index in [1.165, 1.54) is 0 Å². The average molecular weight is 500 g/mol. The van der Waals surface area contributed by atoms with E-state index < -0.39 is 17.7 Å². The van der Waals surface area contributed by atoms with Crippen LogP contribution in [0.15, 0.2) is 84.4 Å². The minimum absolute atomic E-state index is 0.0851. The van der Waals surface area contributed by atoms with Crippen LogP contribution in [0.1, 0.15) is 49.4 Å². The summed E-state index contributed by atoms with van der Waals surface area (Å²) in [5.41, 5.74) is 2.34. The lowest BCUT2D eigenvalue weighted by molar-refractivity contribution is -0.139. The highest BCUT2D eigenvalue weighted by Crippen LogP contribution is 2.40. The quantitative estimate of drug-likeness (QED) is 0.153. The highest BCUT2D eigenvalue weighted by molar-refractivity contribution is 6.46. The number of hydrogen-bond acceptors (Lipinski definition) is 5. The van der Waals surface area contributed by atoms with E-state index >= 15 is 0 Å². The summed E-state index contributed by atoms with van der Waals surface area (Å²) < 4.78 is 11.3. The lowest BCUT2D eigenvalue weighted by Gasteiger charge is -2.25. The third-order valence-electron chi connectivity index (χ3n) is 6.43. The number of aliphatic hydroxyl groups excluding tert-OH is 1. The predicted molar refractivity (Wildman–Crippen MR) is 144 cm³/mol. The number of carbonyl (C=O) groups excluding carboxylic acids is 2. The molecule has 1 unspecified atom stereocenters. The van der Waals surface area contributed by atoms with Gasteiger partial charge >= 0.3 is 0 Å². The molecule has 6 heteroatoms. The van der Waals surface area contributed by atoms with Gasteiger partial charge in [0.05, 0.1) is 24.8 Å². The molecule has 1 aliphatic heterocycles. The Hall–Kier alpha value is -4.06. The molecule has 1 saturated heterocycles. The number of carbonyl (C=O) groups is 2. The van der Waals surface area contributed by atoms with E-state index in [1.54, 1.807) is 29.2 Å². The van der Waals surface area contributed by atoms with Gasteiger partial charge in [0, 0.05) is 12.1 Å². The molecule has 1 amide bonds. The van der Waals surface area contributed by atoms with Crippen molar-refractivity contribution in [1.29, 1.82) is 0 Å². The van der Waals surface area contributed by atoms with Gasteiger partial charge in [0.2, 0.25) is 0 Å². The molecule has 37 heavy (non-hydrogen) atoms. The maximum absolute atomic E-state index is 13.3. The van der Waals surface area contributed by atoms with Gasteiger partial charge in [-0.1, -0.05) is 55.8 Å². The fourth-order valence-electron chi connectivity index (χ4n) is 4.46. The smallest absolute Gasteiger partial charge is 0.295 e. The van der Waals surface area contributed by atoms with Crippen molar-refractivity contribution in [2.45, 2.75) is 39.2 Å². The average Bonchev–Trinajstić information content (AvgIpc) is 3.18. The molecule has 0 saturated carbocycles. The summed E-state index contributed by atoms with van der Waals surface area (Å²) >= 11 is 0. The number of amides is 1. The van der Waals surface area contributed by atoms with E-state index in [9.17, 15) is 14.7 Å². The van der Waals surface area contributed by atoms with Crippen LogP contribution in [-0.2, 0) is 16.0 Å². The number of hydrogen-bond donors (Lipinski definition) is 1. The Balaban J connectivity index is 1.70. The Bertz CT molecular complexity index is 1230. The van der Waals surface area contributed by atoms with Crippen LogP contribution in [0.4, 0.5) is 0 Å². The summed E-state index contributed by atoms with van der Waals surface area (Å²) in [6, 6.07) is 23.4. The molecule has 1 N–H and O–H groups in total. The second-order valence-corrected chi connectivity index (χ2v) is 8.96. The fraction of sp³-hybridized carbons (Fsp3) is 0.290. The first-order chi connectivity index (χ1) is 18.0. The largest absolute Gasteiger partial charge is 0.507 e. The number of unbranched alkanes of at least 4 members (excludes halogenated alkanes) is 1. The van der Waals surface area contributed by atoms with Gasteiger partial charge in [-0.05, 0) is 67.3 Å². The zero-order valence-electron chi connectivity index (χ0n) is 21.4. The van der Waals surface area contributed by atoms with Crippen LogP contribution in [0.25, 0.3) is 5.76 Å². The molecule has 1 fully saturated rings. The third-order valence-corrected chi connectivity index (χ3v) is 6.43. The second kappa shape index (κ2) is 12.3. The molecule has 1 atom stereocenters. The van der Waals surface area contributed by atoms with Gasteiger partial charge in [-0.3, -0.25) is 9.59 Å². The van der Waals surface area contributed by atoms with Gasteiger partial charge in [-0.15, -0.1) is 0 Å². The van der Waals surface area contributed by atoms with Crippen molar-refractivity contribution in [2.75, 3.05) is 19.8 Å². The number of Topliss-reactive ketones (excluding diaryl/α,β-unsaturated/α-hetero) is 1. The summed E-state index contributed by atoms with van der Waals surface area (Å²) in [5.74, 6) is -0.108. The second-order valence-electron chi connectivity index (χ2n) is 8.96. The number of nitrogens with zero attached hydrogens (tertiary/aromatic N) is 1. The lowest BCUT2D eigenvalue weighted by Crippen LogP contribution is -2.31. The minimum atomic E-state index is -0.708. The van der Waals surface area contributed by atoms with Crippen molar-refractivity contribution in [3.8, 4) is 11.5 Å². The van der Waals surface area contributed by atoms with Crippen LogP contribution in [0, 0.1) is 0 Å². The van der Waals surface area contributed by atoms with E-state index in [4.69, 9.17) is 9.47 Å². The molecule has 1 heterocycles. The highest BCUT2D eigenvalue weighted by atomic mass is 16.5. The molecule has 3 aromatic rings. The summed E-state index contributed by atoms with van der Waals surface area (Å²) in [4.78, 5) is 28.1. The molecule has 0 radical (unpaired) electrons. The Morgan fingerprint density at radius 2 is 1.51 bits per heavy atom. The molecule has 0 aromatic heterocycles. The standard InChI is InChI=1S/C31H33NO5/c1-3-5-21-37-26-15-11-23(12-16-26)28-27(29(33)24-13-17-25(18-14-24)36-4-2)30(34)31(35)32(28)20-19-22-9-7-6-8-10-22/h6-18,28,33H,3-5,19-21H2,1-2H3/b29-27+. The summed E-state index contributed by atoms with van der Waals surface area (Å²) in [5, 5.41) is 11.3. The van der Waals surface area contributed by atoms with E-state index in [-0.39, 0.29) is 11.3 Å². The predicted octanol–water partition coefficient (Wildman–Crippen LogP) is 5.93. The van der Waals surface area contributed by atoms with Crippen LogP contribution in [0.3, 0.4) is 0 Å². The van der Waals surface area contributed by atoms with Crippen molar-refractivity contribution >= 4 is 17.4 Å². The first-order valence-corrected chi connectivity index (χ1v) is 12.8. The van der Waals surface area contributed by atoms with E-state index in [0.717, 1.165) is 29.7 Å². The van der Waals surface area contributed by atoms with Crippen LogP contribution in [-0.4, -0.2) is 41.5 Å². The van der Waals surface area contributed by atoms with Crippen molar-refractivity contribution in [3.63, 3.8) is 0 Å². The van der Waals surface area contributed by atoms with Gasteiger partial charge in [0.15, 0.2) is 0 Å². The molecular formula is C31H33NO5. The molecule has 0 bridgehead atoms. The Labute approximate surface area is 218 Å². The zero-order chi connectivity index (χ0) is 26.2. The van der Waals surface area contributed by atoms with Crippen LogP contribution < -0.4 is 9.47 Å². The molecule has 0 aliphatic carbocycles. The third kappa shape index (κ3) is 6.02. The summed E-state index contributed by atoms with van der Waals surface area (Å²) in [6.45, 7) is 5.49. The van der Waals surface area contributed by atoms with Crippen LogP contribution >= 0.6 is 0 Å². The highest BCUT2D eigenvalue weighted by Gasteiger charge is 2.45. The number of rotatable bonds is 11.